The van der Waals surface area contributed by atoms with Crippen LogP contribution in [0.2, 0.25) is 0 Å². The van der Waals surface area contributed by atoms with E-state index >= 15 is 0 Å². The molecule has 3 aromatic rings. The minimum absolute atomic E-state index is 0.212. The summed E-state index contributed by atoms with van der Waals surface area (Å²) in [7, 11) is 0. The molecular formula is C63H86O18. The molecule has 0 atom stereocenters. The van der Waals surface area contributed by atoms with Gasteiger partial charge in [-0.05, 0) is 188 Å². The molecule has 18 nitrogen and oxygen atoms in total. The second-order valence-corrected chi connectivity index (χ2v) is 19.4. The van der Waals surface area contributed by atoms with Crippen LogP contribution in [-0.2, 0) is 57.2 Å². The van der Waals surface area contributed by atoms with Crippen molar-refractivity contribution in [3.05, 3.63) is 96.6 Å². The summed E-state index contributed by atoms with van der Waals surface area (Å²) in [5.74, 6) is -0.890. The Balaban J connectivity index is 1.07. The number of unbranched alkanes of at least 4 members (excludes halogenated alkanes) is 16. The van der Waals surface area contributed by atoms with Gasteiger partial charge in [0.25, 0.3) is 0 Å². The molecule has 0 saturated carbocycles. The van der Waals surface area contributed by atoms with Gasteiger partial charge in [-0.3, -0.25) is 24.0 Å². The van der Waals surface area contributed by atoms with Gasteiger partial charge in [-0.2, -0.15) is 0 Å². The summed E-state index contributed by atoms with van der Waals surface area (Å²) >= 11 is 0. The molecule has 0 N–H and O–H groups in total. The zero-order chi connectivity index (χ0) is 58.4. The summed E-state index contributed by atoms with van der Waals surface area (Å²) in [6.07, 6.45) is 20.1. The maximum Gasteiger partial charge on any atom is 0.343 e. The lowest BCUT2D eigenvalue weighted by Crippen LogP contribution is -2.10. The van der Waals surface area contributed by atoms with Crippen LogP contribution in [0.4, 0.5) is 0 Å². The summed E-state index contributed by atoms with van der Waals surface area (Å²) in [4.78, 5) is 95.3. The van der Waals surface area contributed by atoms with E-state index in [9.17, 15) is 38.4 Å². The molecule has 0 fully saturated rings. The predicted octanol–water partition coefficient (Wildman–Crippen LogP) is 12.5. The molecule has 0 aliphatic heterocycles. The number of hydrogen-bond acceptors (Lipinski definition) is 18. The fourth-order valence-corrected chi connectivity index (χ4v) is 7.80. The highest BCUT2D eigenvalue weighted by Crippen LogP contribution is 2.22. The third kappa shape index (κ3) is 35.9. The predicted molar refractivity (Wildman–Crippen MR) is 302 cm³/mol. The molecule has 0 heterocycles. The quantitative estimate of drug-likeness (QED) is 0.0168. The Kier molecular flexibility index (Phi) is 37.4. The average molecular weight is 1130 g/mol. The van der Waals surface area contributed by atoms with Crippen molar-refractivity contribution in [3.8, 4) is 23.0 Å². The Morgan fingerprint density at radius 2 is 0.580 bits per heavy atom. The largest absolute Gasteiger partial charge is 0.494 e. The van der Waals surface area contributed by atoms with E-state index < -0.39 is 17.9 Å². The smallest absolute Gasteiger partial charge is 0.343 e. The molecule has 0 unspecified atom stereocenters. The Morgan fingerprint density at radius 3 is 0.889 bits per heavy atom. The van der Waals surface area contributed by atoms with Gasteiger partial charge in [0, 0.05) is 38.7 Å². The maximum atomic E-state index is 12.8. The summed E-state index contributed by atoms with van der Waals surface area (Å²) in [6, 6.07) is 19.6. The number of hydrogen-bond donors (Lipinski definition) is 0. The molecule has 0 aromatic heterocycles. The van der Waals surface area contributed by atoms with Gasteiger partial charge in [0.1, 0.15) is 23.0 Å². The number of benzene rings is 3. The first kappa shape index (κ1) is 68.0. The Hall–Kier alpha value is -7.24. The molecule has 0 aliphatic carbocycles. The zero-order valence-electron chi connectivity index (χ0n) is 47.6. The standard InChI is InChI=1S/C63H86O18/c1-3-57(65)75-45-21-9-8-19-44-74-54-36-32-52(33-37-54)63(71)81-56-40-38-55(39-41-56)80-62(70)51-30-34-53(35-31-51)73-43-18-6-4-5-7-20-46-76-58(66)27-15-11-23-48-78-60(68)29-17-13-25-49-79-61(69)28-16-12-24-47-77-59(67)26-14-10-22-42-72-50(2)64/h3,30-41H,1,4-29,42-49H2,2H3. The highest BCUT2D eigenvalue weighted by Gasteiger charge is 2.13. The molecule has 0 radical (unpaired) electrons. The molecule has 0 spiro atoms. The van der Waals surface area contributed by atoms with Gasteiger partial charge in [0.2, 0.25) is 0 Å². The third-order valence-electron chi connectivity index (χ3n) is 12.4. The molecule has 0 aliphatic rings. The second kappa shape index (κ2) is 44.5. The van der Waals surface area contributed by atoms with Gasteiger partial charge < -0.3 is 47.4 Å². The molecule has 0 bridgehead atoms. The van der Waals surface area contributed by atoms with Crippen LogP contribution in [0.3, 0.4) is 0 Å². The highest BCUT2D eigenvalue weighted by atomic mass is 16.6. The van der Waals surface area contributed by atoms with E-state index in [0.29, 0.717) is 158 Å². The average Bonchev–Trinajstić information content (AvgIpc) is 3.46. The first-order valence-corrected chi connectivity index (χ1v) is 29.0. The molecule has 18 heteroatoms. The van der Waals surface area contributed by atoms with Crippen LogP contribution in [-0.4, -0.2) is 101 Å². The fraction of sp³-hybridized carbons (Fsp3) is 0.556. The number of ether oxygens (including phenoxy) is 10. The van der Waals surface area contributed by atoms with E-state index in [0.717, 1.165) is 102 Å². The topological polar surface area (TPSA) is 229 Å². The van der Waals surface area contributed by atoms with Gasteiger partial charge >= 0.3 is 47.8 Å². The lowest BCUT2D eigenvalue weighted by molar-refractivity contribution is -0.145. The van der Waals surface area contributed by atoms with Crippen molar-refractivity contribution in [1.29, 1.82) is 0 Å². The number of carbonyl (C=O) groups excluding carboxylic acids is 8. The molecule has 0 saturated heterocycles. The van der Waals surface area contributed by atoms with Gasteiger partial charge in [-0.25, -0.2) is 14.4 Å². The van der Waals surface area contributed by atoms with E-state index in [1.165, 1.54) is 6.92 Å². The van der Waals surface area contributed by atoms with Crippen molar-refractivity contribution in [2.75, 3.05) is 52.9 Å². The van der Waals surface area contributed by atoms with Crippen LogP contribution in [0.5, 0.6) is 23.0 Å². The van der Waals surface area contributed by atoms with Crippen molar-refractivity contribution < 1.29 is 85.7 Å². The van der Waals surface area contributed by atoms with Crippen molar-refractivity contribution in [2.24, 2.45) is 0 Å². The minimum atomic E-state index is -0.540. The normalized spacial score (nSPS) is 10.7. The molecule has 3 aromatic carbocycles. The summed E-state index contributed by atoms with van der Waals surface area (Å²) in [6.45, 7) is 7.90. The number of esters is 8. The maximum absolute atomic E-state index is 12.8. The zero-order valence-corrected chi connectivity index (χ0v) is 47.6. The van der Waals surface area contributed by atoms with Crippen molar-refractivity contribution in [1.82, 2.24) is 0 Å². The molecular weight excluding hydrogens is 1040 g/mol. The Bertz CT molecular complexity index is 2280. The van der Waals surface area contributed by atoms with Crippen molar-refractivity contribution in [2.45, 2.75) is 174 Å². The van der Waals surface area contributed by atoms with Crippen LogP contribution < -0.4 is 18.9 Å². The second-order valence-electron chi connectivity index (χ2n) is 19.4. The van der Waals surface area contributed by atoms with Crippen LogP contribution >= 0.6 is 0 Å². The summed E-state index contributed by atoms with van der Waals surface area (Å²) < 4.78 is 53.6. The molecule has 446 valence electrons. The first-order valence-electron chi connectivity index (χ1n) is 29.0. The fourth-order valence-electron chi connectivity index (χ4n) is 7.80. The highest BCUT2D eigenvalue weighted by molar-refractivity contribution is 5.92. The van der Waals surface area contributed by atoms with E-state index in [2.05, 4.69) is 6.58 Å². The third-order valence-corrected chi connectivity index (χ3v) is 12.4. The van der Waals surface area contributed by atoms with Gasteiger partial charge in [-0.15, -0.1) is 0 Å². The Labute approximate surface area is 478 Å². The monoisotopic (exact) mass is 1130 g/mol. The lowest BCUT2D eigenvalue weighted by atomic mass is 10.1. The Morgan fingerprint density at radius 1 is 0.321 bits per heavy atom. The SMILES string of the molecule is C=CC(=O)OCCCCCCOc1ccc(C(=O)Oc2ccc(OC(=O)c3ccc(OCCCCCCCCOC(=O)CCCCCOC(=O)CCCCCOC(=O)CCCCCOC(=O)CCCCCOC(C)=O)cc3)cc2)cc1. The number of rotatable bonds is 47. The van der Waals surface area contributed by atoms with Crippen LogP contribution in [0, 0.1) is 0 Å². The van der Waals surface area contributed by atoms with Gasteiger partial charge in [0.15, 0.2) is 0 Å². The van der Waals surface area contributed by atoms with Crippen molar-refractivity contribution in [3.63, 3.8) is 0 Å². The van der Waals surface area contributed by atoms with Crippen LogP contribution in [0.15, 0.2) is 85.5 Å². The van der Waals surface area contributed by atoms with Gasteiger partial charge in [0.05, 0.1) is 64.0 Å². The summed E-state index contributed by atoms with van der Waals surface area (Å²) in [5.41, 5.74) is 0.711. The van der Waals surface area contributed by atoms with Crippen LogP contribution in [0.1, 0.15) is 195 Å². The summed E-state index contributed by atoms with van der Waals surface area (Å²) in [5, 5.41) is 0. The number of carbonyl (C=O) groups is 8. The first-order chi connectivity index (χ1) is 39.4. The van der Waals surface area contributed by atoms with Gasteiger partial charge in [-0.1, -0.05) is 32.3 Å². The van der Waals surface area contributed by atoms with Crippen molar-refractivity contribution >= 4 is 47.8 Å². The van der Waals surface area contributed by atoms with E-state index in [-0.39, 0.29) is 29.8 Å². The lowest BCUT2D eigenvalue weighted by Gasteiger charge is -2.09. The molecule has 3 rings (SSSR count). The van der Waals surface area contributed by atoms with E-state index in [4.69, 9.17) is 47.4 Å². The van der Waals surface area contributed by atoms with Crippen LogP contribution in [0.25, 0.3) is 0 Å². The molecule has 81 heavy (non-hydrogen) atoms. The van der Waals surface area contributed by atoms with E-state index in [1.54, 1.807) is 72.8 Å². The van der Waals surface area contributed by atoms with E-state index in [1.807, 2.05) is 0 Å². The minimum Gasteiger partial charge on any atom is -0.494 e. The molecule has 0 amide bonds.